The van der Waals surface area contributed by atoms with Crippen LogP contribution in [0.25, 0.3) is 0 Å². The number of hydrazine groups is 1. The van der Waals surface area contributed by atoms with E-state index in [-0.39, 0.29) is 11.9 Å². The maximum absolute atomic E-state index is 12.9. The monoisotopic (exact) mass is 271 g/mol. The highest BCUT2D eigenvalue weighted by atomic mass is 35.5. The SMILES string of the molecule is NNC(Cc1nccs1)c1ccc(F)cc1Cl. The molecule has 3 nitrogen and oxygen atoms in total. The number of nitrogens with zero attached hydrogens (tertiary/aromatic N) is 1. The Labute approximate surface area is 107 Å². The molecule has 1 aromatic heterocycles. The van der Waals surface area contributed by atoms with E-state index in [4.69, 9.17) is 17.4 Å². The van der Waals surface area contributed by atoms with E-state index in [0.29, 0.717) is 11.4 Å². The highest BCUT2D eigenvalue weighted by Crippen LogP contribution is 2.26. The molecule has 0 saturated heterocycles. The molecule has 0 spiro atoms. The van der Waals surface area contributed by atoms with Crippen molar-refractivity contribution in [2.75, 3.05) is 0 Å². The third-order valence-corrected chi connectivity index (χ3v) is 3.53. The van der Waals surface area contributed by atoms with Crippen LogP contribution in [0.3, 0.4) is 0 Å². The van der Waals surface area contributed by atoms with Crippen LogP contribution in [0.4, 0.5) is 4.39 Å². The van der Waals surface area contributed by atoms with Crippen LogP contribution < -0.4 is 11.3 Å². The Bertz CT molecular complexity index is 489. The molecule has 0 saturated carbocycles. The van der Waals surface area contributed by atoms with Gasteiger partial charge < -0.3 is 0 Å². The molecule has 0 amide bonds. The van der Waals surface area contributed by atoms with Crippen molar-refractivity contribution in [3.8, 4) is 0 Å². The molecule has 6 heteroatoms. The Balaban J connectivity index is 2.23. The van der Waals surface area contributed by atoms with Gasteiger partial charge in [0.05, 0.1) is 11.0 Å². The zero-order valence-electron chi connectivity index (χ0n) is 8.86. The van der Waals surface area contributed by atoms with Crippen LogP contribution in [-0.2, 0) is 6.42 Å². The van der Waals surface area contributed by atoms with Crippen molar-refractivity contribution < 1.29 is 4.39 Å². The minimum Gasteiger partial charge on any atom is -0.271 e. The topological polar surface area (TPSA) is 50.9 Å². The smallest absolute Gasteiger partial charge is 0.124 e. The van der Waals surface area contributed by atoms with Gasteiger partial charge in [0, 0.05) is 23.0 Å². The molecule has 1 unspecified atom stereocenters. The van der Waals surface area contributed by atoms with Crippen LogP contribution in [0.5, 0.6) is 0 Å². The first kappa shape index (κ1) is 12.4. The van der Waals surface area contributed by atoms with Crippen molar-refractivity contribution in [2.45, 2.75) is 12.5 Å². The van der Waals surface area contributed by atoms with Gasteiger partial charge in [-0.2, -0.15) is 0 Å². The summed E-state index contributed by atoms with van der Waals surface area (Å²) >= 11 is 7.54. The summed E-state index contributed by atoms with van der Waals surface area (Å²) in [6, 6.07) is 4.11. The van der Waals surface area contributed by atoms with Crippen LogP contribution in [0.1, 0.15) is 16.6 Å². The van der Waals surface area contributed by atoms with Gasteiger partial charge in [0.1, 0.15) is 5.82 Å². The molecule has 2 aromatic rings. The molecule has 0 fully saturated rings. The predicted molar refractivity (Wildman–Crippen MR) is 67.3 cm³/mol. The lowest BCUT2D eigenvalue weighted by Crippen LogP contribution is -2.29. The third-order valence-electron chi connectivity index (χ3n) is 2.40. The van der Waals surface area contributed by atoms with Gasteiger partial charge >= 0.3 is 0 Å². The molecule has 0 aliphatic carbocycles. The maximum atomic E-state index is 12.9. The summed E-state index contributed by atoms with van der Waals surface area (Å²) < 4.78 is 12.9. The van der Waals surface area contributed by atoms with Gasteiger partial charge in [-0.3, -0.25) is 11.3 Å². The largest absolute Gasteiger partial charge is 0.271 e. The highest BCUT2D eigenvalue weighted by molar-refractivity contribution is 7.09. The minimum absolute atomic E-state index is 0.172. The van der Waals surface area contributed by atoms with E-state index in [1.165, 1.54) is 12.1 Å². The van der Waals surface area contributed by atoms with Crippen LogP contribution in [0.15, 0.2) is 29.8 Å². The second-order valence-corrected chi connectivity index (χ2v) is 4.90. The number of benzene rings is 1. The molecule has 1 heterocycles. The summed E-state index contributed by atoms with van der Waals surface area (Å²) in [6.45, 7) is 0. The van der Waals surface area contributed by atoms with Gasteiger partial charge in [-0.25, -0.2) is 9.37 Å². The number of nitrogens with two attached hydrogens (primary N) is 1. The summed E-state index contributed by atoms with van der Waals surface area (Å²) in [5.41, 5.74) is 3.45. The first-order valence-electron chi connectivity index (χ1n) is 5.00. The number of rotatable bonds is 4. The molecule has 17 heavy (non-hydrogen) atoms. The van der Waals surface area contributed by atoms with E-state index < -0.39 is 0 Å². The van der Waals surface area contributed by atoms with Crippen molar-refractivity contribution in [1.29, 1.82) is 0 Å². The number of nitrogens with one attached hydrogen (secondary N) is 1. The van der Waals surface area contributed by atoms with Gasteiger partial charge in [-0.1, -0.05) is 17.7 Å². The van der Waals surface area contributed by atoms with Crippen molar-refractivity contribution in [3.63, 3.8) is 0 Å². The Hall–Kier alpha value is -1.01. The first-order valence-corrected chi connectivity index (χ1v) is 6.26. The molecular weight excluding hydrogens is 261 g/mol. The van der Waals surface area contributed by atoms with Crippen molar-refractivity contribution in [2.24, 2.45) is 5.84 Å². The summed E-state index contributed by atoms with van der Waals surface area (Å²) in [7, 11) is 0. The first-order chi connectivity index (χ1) is 8.20. The Morgan fingerprint density at radius 1 is 1.53 bits per heavy atom. The van der Waals surface area contributed by atoms with E-state index in [0.717, 1.165) is 10.6 Å². The number of aromatic nitrogens is 1. The van der Waals surface area contributed by atoms with E-state index in [1.54, 1.807) is 23.6 Å². The fourth-order valence-corrected chi connectivity index (χ4v) is 2.53. The summed E-state index contributed by atoms with van der Waals surface area (Å²) in [6.07, 6.45) is 2.36. The van der Waals surface area contributed by atoms with Gasteiger partial charge in [0.2, 0.25) is 0 Å². The summed E-state index contributed by atoms with van der Waals surface area (Å²) in [5, 5.41) is 3.22. The fourth-order valence-electron chi connectivity index (χ4n) is 1.57. The normalized spacial score (nSPS) is 12.6. The fraction of sp³-hybridized carbons (Fsp3) is 0.182. The molecule has 0 aliphatic heterocycles. The predicted octanol–water partition coefficient (Wildman–Crippen LogP) is 2.68. The zero-order valence-corrected chi connectivity index (χ0v) is 10.4. The molecule has 1 aromatic carbocycles. The number of hydrogen-bond acceptors (Lipinski definition) is 4. The molecule has 0 radical (unpaired) electrons. The van der Waals surface area contributed by atoms with E-state index >= 15 is 0 Å². The average molecular weight is 272 g/mol. The van der Waals surface area contributed by atoms with Crippen LogP contribution in [0, 0.1) is 5.82 Å². The van der Waals surface area contributed by atoms with Crippen molar-refractivity contribution in [3.05, 3.63) is 51.2 Å². The van der Waals surface area contributed by atoms with Crippen LogP contribution in [-0.4, -0.2) is 4.98 Å². The lowest BCUT2D eigenvalue weighted by atomic mass is 10.0. The van der Waals surface area contributed by atoms with Crippen molar-refractivity contribution >= 4 is 22.9 Å². The quantitative estimate of drug-likeness (QED) is 0.664. The third kappa shape index (κ3) is 3.01. The maximum Gasteiger partial charge on any atom is 0.124 e. The minimum atomic E-state index is -0.358. The van der Waals surface area contributed by atoms with E-state index in [2.05, 4.69) is 10.4 Å². The molecule has 1 atom stereocenters. The van der Waals surface area contributed by atoms with Gasteiger partial charge in [-0.05, 0) is 17.7 Å². The van der Waals surface area contributed by atoms with E-state index in [1.807, 2.05) is 5.38 Å². The van der Waals surface area contributed by atoms with Crippen molar-refractivity contribution in [1.82, 2.24) is 10.4 Å². The second-order valence-electron chi connectivity index (χ2n) is 3.52. The number of hydrogen-bond donors (Lipinski definition) is 2. The van der Waals surface area contributed by atoms with Crippen LogP contribution in [0.2, 0.25) is 5.02 Å². The Morgan fingerprint density at radius 2 is 2.35 bits per heavy atom. The summed E-state index contributed by atoms with van der Waals surface area (Å²) in [4.78, 5) is 4.18. The van der Waals surface area contributed by atoms with Gasteiger partial charge in [0.15, 0.2) is 0 Å². The highest BCUT2D eigenvalue weighted by Gasteiger charge is 2.15. The number of thiazole rings is 1. The molecule has 90 valence electrons. The average Bonchev–Trinajstić information content (AvgIpc) is 2.79. The van der Waals surface area contributed by atoms with Gasteiger partial charge in [0.25, 0.3) is 0 Å². The Morgan fingerprint density at radius 3 is 2.94 bits per heavy atom. The lowest BCUT2D eigenvalue weighted by Gasteiger charge is -2.16. The molecular formula is C11H11ClFN3S. The van der Waals surface area contributed by atoms with Crippen LogP contribution >= 0.6 is 22.9 Å². The second kappa shape index (κ2) is 5.55. The molecule has 0 bridgehead atoms. The standard InChI is InChI=1S/C11H11ClFN3S/c12-9-5-7(13)1-2-8(9)10(16-14)6-11-15-3-4-17-11/h1-5,10,16H,6,14H2. The van der Waals surface area contributed by atoms with Gasteiger partial charge in [-0.15, -0.1) is 11.3 Å². The lowest BCUT2D eigenvalue weighted by molar-refractivity contribution is 0.548. The van der Waals surface area contributed by atoms with E-state index in [9.17, 15) is 4.39 Å². The number of halogens is 2. The molecule has 2 rings (SSSR count). The Kier molecular flexibility index (Phi) is 4.06. The molecule has 0 aliphatic rings. The zero-order chi connectivity index (χ0) is 12.3. The molecule has 3 N–H and O–H groups in total. The summed E-state index contributed by atoms with van der Waals surface area (Å²) in [5.74, 6) is 5.15.